The second kappa shape index (κ2) is 10.9. The fourth-order valence-electron chi connectivity index (χ4n) is 3.56. The van der Waals surface area contributed by atoms with E-state index in [4.69, 9.17) is 9.47 Å². The Morgan fingerprint density at radius 3 is 2.53 bits per heavy atom. The van der Waals surface area contributed by atoms with Crippen LogP contribution in [0.25, 0.3) is 0 Å². The minimum Gasteiger partial charge on any atom is -0.471 e. The van der Waals surface area contributed by atoms with Crippen LogP contribution in [-0.4, -0.2) is 57.7 Å². The highest BCUT2D eigenvalue weighted by Gasteiger charge is 2.39. The van der Waals surface area contributed by atoms with Crippen LogP contribution in [0.5, 0.6) is 5.88 Å². The molecule has 3 rings (SSSR count). The third-order valence-corrected chi connectivity index (χ3v) is 5.56. The Kier molecular flexibility index (Phi) is 7.99. The second-order valence-corrected chi connectivity index (χ2v) is 7.84. The Morgan fingerprint density at radius 2 is 1.88 bits per heavy atom. The molecule has 0 aliphatic carbocycles. The zero-order valence-corrected chi connectivity index (χ0v) is 18.5. The third kappa shape index (κ3) is 6.16. The maximum Gasteiger partial charge on any atom is 0.407 e. The molecule has 172 valence electrons. The van der Waals surface area contributed by atoms with E-state index in [2.05, 4.69) is 15.3 Å². The van der Waals surface area contributed by atoms with Crippen molar-refractivity contribution in [1.29, 1.82) is 0 Å². The lowest BCUT2D eigenvalue weighted by atomic mass is 9.88. The lowest BCUT2D eigenvalue weighted by Crippen LogP contribution is -2.45. The van der Waals surface area contributed by atoms with Gasteiger partial charge in [0.25, 0.3) is 0 Å². The summed E-state index contributed by atoms with van der Waals surface area (Å²) in [6, 6.07) is 9.43. The van der Waals surface area contributed by atoms with E-state index in [0.717, 1.165) is 5.56 Å². The number of piperidine rings is 1. The standard InChI is InChI=1S/C23H30N4O5/c1-3-19(15-26-22(29)31-16-18-7-5-4-6-8-18)32-21-20(24-11-12-25-21)23(30)9-13-27(14-10-23)17(2)28/h4-8,11-12,19,30H,3,9-10,13-16H2,1-2H3,(H,26,29). The molecule has 1 aliphatic rings. The van der Waals surface area contributed by atoms with Crippen molar-refractivity contribution in [1.82, 2.24) is 20.2 Å². The smallest absolute Gasteiger partial charge is 0.407 e. The number of likely N-dealkylation sites (tertiary alicyclic amines) is 1. The van der Waals surface area contributed by atoms with Crippen LogP contribution in [0.2, 0.25) is 0 Å². The largest absolute Gasteiger partial charge is 0.471 e. The number of nitrogens with zero attached hydrogens (tertiary/aromatic N) is 3. The molecule has 0 bridgehead atoms. The molecule has 2 amide bonds. The predicted molar refractivity (Wildman–Crippen MR) is 117 cm³/mol. The summed E-state index contributed by atoms with van der Waals surface area (Å²) in [5.74, 6) is 0.219. The number of carbonyl (C=O) groups is 2. The van der Waals surface area contributed by atoms with Crippen LogP contribution in [0, 0.1) is 0 Å². The van der Waals surface area contributed by atoms with Crippen LogP contribution in [-0.2, 0) is 21.7 Å². The molecule has 0 saturated carbocycles. The molecule has 1 fully saturated rings. The molecule has 2 heterocycles. The molecule has 9 nitrogen and oxygen atoms in total. The van der Waals surface area contributed by atoms with E-state index in [0.29, 0.717) is 38.0 Å². The number of carbonyl (C=O) groups excluding carboxylic acids is 2. The summed E-state index contributed by atoms with van der Waals surface area (Å²) in [5, 5.41) is 13.9. The molecule has 0 radical (unpaired) electrons. The number of nitrogens with one attached hydrogen (secondary N) is 1. The van der Waals surface area contributed by atoms with Gasteiger partial charge in [0.1, 0.15) is 24.0 Å². The zero-order valence-electron chi connectivity index (χ0n) is 18.5. The molecular weight excluding hydrogens is 412 g/mol. The van der Waals surface area contributed by atoms with E-state index in [1.165, 1.54) is 19.3 Å². The number of hydrogen-bond donors (Lipinski definition) is 2. The number of amides is 2. The lowest BCUT2D eigenvalue weighted by molar-refractivity contribution is -0.133. The highest BCUT2D eigenvalue weighted by Crippen LogP contribution is 2.36. The van der Waals surface area contributed by atoms with Crippen molar-refractivity contribution >= 4 is 12.0 Å². The highest BCUT2D eigenvalue weighted by molar-refractivity contribution is 5.73. The number of aromatic nitrogens is 2. The summed E-state index contributed by atoms with van der Waals surface area (Å²) in [5.41, 5.74) is 0.0306. The quantitative estimate of drug-likeness (QED) is 0.645. The molecule has 2 aromatic rings. The maximum absolute atomic E-state index is 12.1. The van der Waals surface area contributed by atoms with E-state index in [-0.39, 0.29) is 31.0 Å². The van der Waals surface area contributed by atoms with Gasteiger partial charge in [-0.05, 0) is 24.8 Å². The molecule has 1 atom stereocenters. The van der Waals surface area contributed by atoms with E-state index in [1.54, 1.807) is 4.90 Å². The average molecular weight is 443 g/mol. The molecule has 1 unspecified atom stereocenters. The molecule has 9 heteroatoms. The number of ether oxygens (including phenoxy) is 2. The summed E-state index contributed by atoms with van der Waals surface area (Å²) in [4.78, 5) is 34.0. The summed E-state index contributed by atoms with van der Waals surface area (Å²) in [6.07, 6.45) is 3.40. The van der Waals surface area contributed by atoms with Crippen molar-refractivity contribution in [2.75, 3.05) is 19.6 Å². The van der Waals surface area contributed by atoms with Gasteiger partial charge in [0, 0.05) is 32.4 Å². The number of alkyl carbamates (subject to hydrolysis) is 1. The van der Waals surface area contributed by atoms with Crippen LogP contribution in [0.3, 0.4) is 0 Å². The van der Waals surface area contributed by atoms with Crippen LogP contribution >= 0.6 is 0 Å². The summed E-state index contributed by atoms with van der Waals surface area (Å²) < 4.78 is 11.2. The Bertz CT molecular complexity index is 900. The van der Waals surface area contributed by atoms with Crippen molar-refractivity contribution in [2.24, 2.45) is 0 Å². The minimum atomic E-state index is -1.23. The first-order valence-electron chi connectivity index (χ1n) is 10.8. The van der Waals surface area contributed by atoms with Gasteiger partial charge in [0.15, 0.2) is 0 Å². The van der Waals surface area contributed by atoms with Gasteiger partial charge in [0.2, 0.25) is 11.8 Å². The van der Waals surface area contributed by atoms with E-state index < -0.39 is 11.7 Å². The molecule has 1 aliphatic heterocycles. The maximum atomic E-state index is 12.1. The summed E-state index contributed by atoms with van der Waals surface area (Å²) in [6.45, 7) is 4.73. The molecule has 2 N–H and O–H groups in total. The second-order valence-electron chi connectivity index (χ2n) is 7.84. The summed E-state index contributed by atoms with van der Waals surface area (Å²) in [7, 11) is 0. The summed E-state index contributed by atoms with van der Waals surface area (Å²) >= 11 is 0. The van der Waals surface area contributed by atoms with Crippen LogP contribution in [0.4, 0.5) is 4.79 Å². The third-order valence-electron chi connectivity index (χ3n) is 5.56. The van der Waals surface area contributed by atoms with Gasteiger partial charge >= 0.3 is 6.09 Å². The Balaban J connectivity index is 1.57. The minimum absolute atomic E-state index is 0.0149. The first-order chi connectivity index (χ1) is 15.4. The van der Waals surface area contributed by atoms with E-state index in [1.807, 2.05) is 37.3 Å². The van der Waals surface area contributed by atoms with Crippen molar-refractivity contribution in [3.8, 4) is 5.88 Å². The molecule has 32 heavy (non-hydrogen) atoms. The van der Waals surface area contributed by atoms with Gasteiger partial charge < -0.3 is 24.8 Å². The number of hydrogen-bond acceptors (Lipinski definition) is 7. The molecule has 0 spiro atoms. The lowest BCUT2D eigenvalue weighted by Gasteiger charge is -2.37. The van der Waals surface area contributed by atoms with Crippen LogP contribution in [0.15, 0.2) is 42.7 Å². The highest BCUT2D eigenvalue weighted by atomic mass is 16.5. The fraction of sp³-hybridized carbons (Fsp3) is 0.478. The fourth-order valence-corrected chi connectivity index (χ4v) is 3.56. The van der Waals surface area contributed by atoms with Gasteiger partial charge in [-0.15, -0.1) is 0 Å². The van der Waals surface area contributed by atoms with Crippen LogP contribution in [0.1, 0.15) is 44.4 Å². The van der Waals surface area contributed by atoms with Gasteiger partial charge in [0.05, 0.1) is 6.54 Å². The number of rotatable bonds is 8. The molecule has 1 aromatic heterocycles. The normalized spacial score (nSPS) is 16.2. The molecule has 1 saturated heterocycles. The van der Waals surface area contributed by atoms with Crippen molar-refractivity contribution in [3.63, 3.8) is 0 Å². The molecule has 1 aromatic carbocycles. The number of aliphatic hydroxyl groups is 1. The van der Waals surface area contributed by atoms with Crippen molar-refractivity contribution in [2.45, 2.75) is 51.4 Å². The SMILES string of the molecule is CCC(CNC(=O)OCc1ccccc1)Oc1nccnc1C1(O)CCN(C(C)=O)CC1. The monoisotopic (exact) mass is 442 g/mol. The Morgan fingerprint density at radius 1 is 1.19 bits per heavy atom. The van der Waals surface area contributed by atoms with Gasteiger partial charge in [-0.1, -0.05) is 37.3 Å². The predicted octanol–water partition coefficient (Wildman–Crippen LogP) is 2.39. The Hall–Kier alpha value is -3.20. The van der Waals surface area contributed by atoms with Gasteiger partial charge in [-0.25, -0.2) is 9.78 Å². The van der Waals surface area contributed by atoms with Crippen molar-refractivity contribution < 1.29 is 24.2 Å². The van der Waals surface area contributed by atoms with Gasteiger partial charge in [-0.2, -0.15) is 0 Å². The first kappa shape index (κ1) is 23.5. The van der Waals surface area contributed by atoms with E-state index in [9.17, 15) is 14.7 Å². The number of benzene rings is 1. The zero-order chi connectivity index (χ0) is 23.0. The van der Waals surface area contributed by atoms with Gasteiger partial charge in [-0.3, -0.25) is 9.78 Å². The average Bonchev–Trinajstić information content (AvgIpc) is 2.81. The molecular formula is C23H30N4O5. The van der Waals surface area contributed by atoms with Crippen LogP contribution < -0.4 is 10.1 Å². The first-order valence-corrected chi connectivity index (χ1v) is 10.8. The topological polar surface area (TPSA) is 114 Å². The van der Waals surface area contributed by atoms with Crippen molar-refractivity contribution in [3.05, 3.63) is 54.0 Å². The van der Waals surface area contributed by atoms with E-state index >= 15 is 0 Å². The Labute approximate surface area is 187 Å².